The highest BCUT2D eigenvalue weighted by molar-refractivity contribution is 6.31. The number of halogens is 1. The lowest BCUT2D eigenvalue weighted by atomic mass is 10.0. The molecule has 2 N–H and O–H groups in total. The number of amides is 2. The Balaban J connectivity index is 1.84. The summed E-state index contributed by atoms with van der Waals surface area (Å²) < 4.78 is 5.11. The van der Waals surface area contributed by atoms with Gasteiger partial charge in [0.15, 0.2) is 0 Å². The molecule has 7 heteroatoms. The molecule has 2 heterocycles. The van der Waals surface area contributed by atoms with Crippen LogP contribution in [0.2, 0.25) is 5.02 Å². The standard InChI is InChI=1S/C18H22ClN3O3/c1-2-25-17(23)13-10-20-18(24)21-15(13)11-22-9-5-8-16(22)12-6-3-4-7-14(12)19/h3-4,6-7,16H,2,5,8-11H2,1H3,(H2,20,21,24). The van der Waals surface area contributed by atoms with E-state index in [1.807, 2.05) is 24.3 Å². The Morgan fingerprint density at radius 1 is 1.40 bits per heavy atom. The van der Waals surface area contributed by atoms with Gasteiger partial charge in [-0.05, 0) is 37.9 Å². The number of nitrogens with zero attached hydrogens (tertiary/aromatic N) is 1. The normalized spacial score (nSPS) is 21.0. The summed E-state index contributed by atoms with van der Waals surface area (Å²) in [6, 6.07) is 7.70. The Bertz CT molecular complexity index is 705. The third-order valence-electron chi connectivity index (χ3n) is 4.57. The number of carbonyl (C=O) groups excluding carboxylic acids is 2. The number of hydrogen-bond donors (Lipinski definition) is 2. The molecule has 6 nitrogen and oxygen atoms in total. The van der Waals surface area contributed by atoms with Crippen LogP contribution in [0.5, 0.6) is 0 Å². The predicted molar refractivity (Wildman–Crippen MR) is 95.2 cm³/mol. The molecule has 1 unspecified atom stereocenters. The van der Waals surface area contributed by atoms with Crippen molar-refractivity contribution < 1.29 is 14.3 Å². The van der Waals surface area contributed by atoms with Crippen molar-refractivity contribution in [1.82, 2.24) is 15.5 Å². The lowest BCUT2D eigenvalue weighted by molar-refractivity contribution is -0.138. The van der Waals surface area contributed by atoms with E-state index >= 15 is 0 Å². The van der Waals surface area contributed by atoms with Crippen LogP contribution in [0, 0.1) is 0 Å². The second kappa shape index (κ2) is 7.89. The van der Waals surface area contributed by atoms with Gasteiger partial charge in [-0.3, -0.25) is 4.90 Å². The number of urea groups is 1. The van der Waals surface area contributed by atoms with Gasteiger partial charge in [0.2, 0.25) is 0 Å². The van der Waals surface area contributed by atoms with Crippen molar-refractivity contribution in [2.24, 2.45) is 0 Å². The number of ether oxygens (including phenoxy) is 1. The maximum atomic E-state index is 12.2. The summed E-state index contributed by atoms with van der Waals surface area (Å²) in [6.07, 6.45) is 2.04. The van der Waals surface area contributed by atoms with Crippen molar-refractivity contribution >= 4 is 23.6 Å². The number of hydrogen-bond acceptors (Lipinski definition) is 4. The summed E-state index contributed by atoms with van der Waals surface area (Å²) in [5.74, 6) is -0.390. The lowest BCUT2D eigenvalue weighted by Gasteiger charge is -2.29. The number of benzene rings is 1. The first kappa shape index (κ1) is 17.8. The van der Waals surface area contributed by atoms with Crippen molar-refractivity contribution in [3.8, 4) is 0 Å². The Labute approximate surface area is 152 Å². The SMILES string of the molecule is CCOC(=O)C1=C(CN2CCCC2c2ccccc2Cl)NC(=O)NC1. The molecule has 2 aliphatic rings. The fraction of sp³-hybridized carbons (Fsp3) is 0.444. The van der Waals surface area contributed by atoms with Crippen LogP contribution in [0.1, 0.15) is 31.4 Å². The maximum absolute atomic E-state index is 12.2. The zero-order valence-electron chi connectivity index (χ0n) is 14.2. The van der Waals surface area contributed by atoms with Crippen LogP contribution in [0.15, 0.2) is 35.5 Å². The van der Waals surface area contributed by atoms with Gasteiger partial charge in [-0.2, -0.15) is 0 Å². The van der Waals surface area contributed by atoms with Gasteiger partial charge in [-0.25, -0.2) is 9.59 Å². The third kappa shape index (κ3) is 3.96. The molecule has 0 saturated carbocycles. The molecule has 0 bridgehead atoms. The van der Waals surface area contributed by atoms with Crippen molar-refractivity contribution in [3.63, 3.8) is 0 Å². The molecule has 134 valence electrons. The Hall–Kier alpha value is -2.05. The monoisotopic (exact) mass is 363 g/mol. The van der Waals surface area contributed by atoms with E-state index in [9.17, 15) is 9.59 Å². The molecule has 1 atom stereocenters. The fourth-order valence-corrected chi connectivity index (χ4v) is 3.66. The third-order valence-corrected chi connectivity index (χ3v) is 4.91. The quantitative estimate of drug-likeness (QED) is 0.789. The van der Waals surface area contributed by atoms with E-state index < -0.39 is 5.97 Å². The second-order valence-electron chi connectivity index (χ2n) is 6.14. The van der Waals surface area contributed by atoms with Crippen LogP contribution in [0.4, 0.5) is 4.79 Å². The molecule has 0 aromatic heterocycles. The molecule has 0 radical (unpaired) electrons. The van der Waals surface area contributed by atoms with Gasteiger partial charge in [0.05, 0.1) is 18.7 Å². The zero-order chi connectivity index (χ0) is 17.8. The van der Waals surface area contributed by atoms with Crippen molar-refractivity contribution in [3.05, 3.63) is 46.1 Å². The van der Waals surface area contributed by atoms with Gasteiger partial charge in [-0.1, -0.05) is 29.8 Å². The summed E-state index contributed by atoms with van der Waals surface area (Å²) in [4.78, 5) is 26.2. The van der Waals surface area contributed by atoms with E-state index in [4.69, 9.17) is 16.3 Å². The lowest BCUT2D eigenvalue weighted by Crippen LogP contribution is -2.46. The van der Waals surface area contributed by atoms with Gasteiger partial charge in [0.1, 0.15) is 0 Å². The van der Waals surface area contributed by atoms with Crippen LogP contribution in [-0.4, -0.2) is 43.1 Å². The Kier molecular flexibility index (Phi) is 5.60. The largest absolute Gasteiger partial charge is 0.463 e. The highest BCUT2D eigenvalue weighted by atomic mass is 35.5. The zero-order valence-corrected chi connectivity index (χ0v) is 14.9. The molecule has 1 aromatic carbocycles. The van der Waals surface area contributed by atoms with E-state index in [0.29, 0.717) is 24.4 Å². The number of likely N-dealkylation sites (tertiary alicyclic amines) is 1. The van der Waals surface area contributed by atoms with Crippen LogP contribution in [0.3, 0.4) is 0 Å². The Morgan fingerprint density at radius 3 is 2.96 bits per heavy atom. The molecule has 1 aromatic rings. The molecule has 25 heavy (non-hydrogen) atoms. The highest BCUT2D eigenvalue weighted by Crippen LogP contribution is 2.36. The average Bonchev–Trinajstić information content (AvgIpc) is 3.03. The van der Waals surface area contributed by atoms with E-state index in [1.165, 1.54) is 0 Å². The van der Waals surface area contributed by atoms with Crippen LogP contribution >= 0.6 is 11.6 Å². The summed E-state index contributed by atoms with van der Waals surface area (Å²) in [6.45, 7) is 3.62. The van der Waals surface area contributed by atoms with Gasteiger partial charge in [-0.15, -0.1) is 0 Å². The molecule has 1 fully saturated rings. The van der Waals surface area contributed by atoms with Crippen molar-refractivity contribution in [2.45, 2.75) is 25.8 Å². The minimum atomic E-state index is -0.390. The molecular weight excluding hydrogens is 342 g/mol. The van der Waals surface area contributed by atoms with E-state index in [-0.39, 0.29) is 18.6 Å². The number of carbonyl (C=O) groups is 2. The average molecular weight is 364 g/mol. The summed E-state index contributed by atoms with van der Waals surface area (Å²) in [5.41, 5.74) is 2.17. The van der Waals surface area contributed by atoms with E-state index in [0.717, 1.165) is 30.0 Å². The van der Waals surface area contributed by atoms with Crippen LogP contribution in [-0.2, 0) is 9.53 Å². The van der Waals surface area contributed by atoms with Gasteiger partial charge in [0.25, 0.3) is 0 Å². The smallest absolute Gasteiger partial charge is 0.337 e. The second-order valence-corrected chi connectivity index (χ2v) is 6.54. The first-order chi connectivity index (χ1) is 12.1. The van der Waals surface area contributed by atoms with Gasteiger partial charge < -0.3 is 15.4 Å². The molecule has 2 aliphatic heterocycles. The molecule has 2 amide bonds. The van der Waals surface area contributed by atoms with Crippen LogP contribution in [0.25, 0.3) is 0 Å². The van der Waals surface area contributed by atoms with Crippen LogP contribution < -0.4 is 10.6 Å². The number of rotatable bonds is 5. The minimum absolute atomic E-state index is 0.177. The maximum Gasteiger partial charge on any atom is 0.337 e. The first-order valence-electron chi connectivity index (χ1n) is 8.52. The number of nitrogens with one attached hydrogen (secondary N) is 2. The predicted octanol–water partition coefficient (Wildman–Crippen LogP) is 2.61. The molecule has 0 spiro atoms. The highest BCUT2D eigenvalue weighted by Gasteiger charge is 2.31. The first-order valence-corrected chi connectivity index (χ1v) is 8.90. The summed E-state index contributed by atoms with van der Waals surface area (Å²) in [7, 11) is 0. The molecule has 0 aliphatic carbocycles. The molecule has 3 rings (SSSR count). The summed E-state index contributed by atoms with van der Waals surface area (Å²) in [5, 5.41) is 6.15. The van der Waals surface area contributed by atoms with E-state index in [1.54, 1.807) is 6.92 Å². The minimum Gasteiger partial charge on any atom is -0.463 e. The van der Waals surface area contributed by atoms with Gasteiger partial charge >= 0.3 is 12.0 Å². The molecular formula is C18H22ClN3O3. The van der Waals surface area contributed by atoms with Crippen molar-refractivity contribution in [2.75, 3.05) is 26.2 Å². The van der Waals surface area contributed by atoms with E-state index in [2.05, 4.69) is 15.5 Å². The fourth-order valence-electron chi connectivity index (χ4n) is 3.40. The number of esters is 1. The summed E-state index contributed by atoms with van der Waals surface area (Å²) >= 11 is 6.36. The van der Waals surface area contributed by atoms with Gasteiger partial charge in [0, 0.05) is 23.3 Å². The Morgan fingerprint density at radius 2 is 2.20 bits per heavy atom. The molecule has 1 saturated heterocycles. The topological polar surface area (TPSA) is 70.7 Å². The van der Waals surface area contributed by atoms with Crippen molar-refractivity contribution in [1.29, 1.82) is 0 Å².